The van der Waals surface area contributed by atoms with Crippen molar-refractivity contribution >= 4 is 28.5 Å². The number of amides is 1. The Bertz CT molecular complexity index is 326. The van der Waals surface area contributed by atoms with Gasteiger partial charge in [-0.3, -0.25) is 4.79 Å². The number of aliphatic imine (C=N–C) groups is 1. The molecule has 0 radical (unpaired) electrons. The Labute approximate surface area is 61.2 Å². The summed E-state index contributed by atoms with van der Waals surface area (Å²) in [5, 5.41) is 2.41. The third-order valence-corrected chi connectivity index (χ3v) is 2.23. The number of carbonyl (C=O) groups excluding carboxylic acids is 1. The molecule has 0 bridgehead atoms. The minimum absolute atomic E-state index is 0.178. The molecule has 1 aliphatic heterocycles. The summed E-state index contributed by atoms with van der Waals surface area (Å²) in [6, 6.07) is 0. The van der Waals surface area contributed by atoms with Gasteiger partial charge >= 0.3 is 0 Å². The standard InChI is InChI=1S/C6H4N2OS/c7-5-3-1-8-6(9)4(3)2-10-5/h1-2H,7H2. The van der Waals surface area contributed by atoms with Crippen LogP contribution in [0.5, 0.6) is 0 Å². The molecule has 0 saturated heterocycles. The second-order valence-electron chi connectivity index (χ2n) is 1.99. The fourth-order valence-corrected chi connectivity index (χ4v) is 1.64. The van der Waals surface area contributed by atoms with Gasteiger partial charge in [0.15, 0.2) is 0 Å². The van der Waals surface area contributed by atoms with Gasteiger partial charge in [0.1, 0.15) is 0 Å². The normalized spacial score (nSPS) is 14.2. The molecule has 0 spiro atoms. The Morgan fingerprint density at radius 1 is 1.60 bits per heavy atom. The molecular formula is C6H4N2OS. The molecule has 0 aliphatic carbocycles. The average Bonchev–Trinajstić information content (AvgIpc) is 2.41. The second kappa shape index (κ2) is 1.67. The van der Waals surface area contributed by atoms with Crippen LogP contribution in [0.25, 0.3) is 0 Å². The van der Waals surface area contributed by atoms with Crippen LogP contribution in [0.1, 0.15) is 15.9 Å². The quantitative estimate of drug-likeness (QED) is 0.600. The summed E-state index contributed by atoms with van der Waals surface area (Å²) < 4.78 is 0. The number of anilines is 1. The van der Waals surface area contributed by atoms with Gasteiger partial charge in [0.25, 0.3) is 5.91 Å². The molecule has 10 heavy (non-hydrogen) atoms. The summed E-state index contributed by atoms with van der Waals surface area (Å²) in [5.74, 6) is -0.178. The molecule has 4 heteroatoms. The molecule has 0 fully saturated rings. The second-order valence-corrected chi connectivity index (χ2v) is 2.90. The van der Waals surface area contributed by atoms with Crippen LogP contribution in [0.15, 0.2) is 10.4 Å². The number of nitrogens with zero attached hydrogens (tertiary/aromatic N) is 1. The minimum atomic E-state index is -0.178. The lowest BCUT2D eigenvalue weighted by Crippen LogP contribution is -1.88. The van der Waals surface area contributed by atoms with Gasteiger partial charge in [0.05, 0.1) is 10.6 Å². The predicted molar refractivity (Wildman–Crippen MR) is 40.7 cm³/mol. The van der Waals surface area contributed by atoms with Crippen LogP contribution in [0.3, 0.4) is 0 Å². The van der Waals surface area contributed by atoms with E-state index in [1.165, 1.54) is 17.6 Å². The first-order valence-electron chi connectivity index (χ1n) is 2.74. The van der Waals surface area contributed by atoms with Crippen molar-refractivity contribution in [2.24, 2.45) is 4.99 Å². The fourth-order valence-electron chi connectivity index (χ4n) is 0.874. The maximum absolute atomic E-state index is 10.8. The number of hydrogen-bond acceptors (Lipinski definition) is 3. The third-order valence-electron chi connectivity index (χ3n) is 1.40. The first-order valence-corrected chi connectivity index (χ1v) is 3.62. The smallest absolute Gasteiger partial charge is 0.278 e. The summed E-state index contributed by atoms with van der Waals surface area (Å²) in [6.45, 7) is 0. The number of hydrogen-bond donors (Lipinski definition) is 1. The van der Waals surface area contributed by atoms with Gasteiger partial charge in [-0.1, -0.05) is 0 Å². The monoisotopic (exact) mass is 152 g/mol. The third kappa shape index (κ3) is 0.537. The van der Waals surface area contributed by atoms with Crippen molar-refractivity contribution in [1.82, 2.24) is 0 Å². The molecule has 0 saturated carbocycles. The summed E-state index contributed by atoms with van der Waals surface area (Å²) in [4.78, 5) is 14.4. The van der Waals surface area contributed by atoms with E-state index in [9.17, 15) is 4.79 Å². The number of fused-ring (bicyclic) bond motifs is 1. The van der Waals surface area contributed by atoms with Crippen molar-refractivity contribution in [2.75, 3.05) is 5.73 Å². The first-order chi connectivity index (χ1) is 4.79. The summed E-state index contributed by atoms with van der Waals surface area (Å²) in [5.41, 5.74) is 6.96. The van der Waals surface area contributed by atoms with Gasteiger partial charge in [0.2, 0.25) is 0 Å². The van der Waals surface area contributed by atoms with Crippen LogP contribution < -0.4 is 5.73 Å². The molecule has 1 aliphatic rings. The number of thiophene rings is 1. The van der Waals surface area contributed by atoms with Crippen molar-refractivity contribution in [3.8, 4) is 0 Å². The predicted octanol–water partition coefficient (Wildman–Crippen LogP) is 0.903. The first kappa shape index (κ1) is 5.61. The molecule has 0 aromatic carbocycles. The zero-order valence-corrected chi connectivity index (χ0v) is 5.81. The molecule has 2 rings (SSSR count). The number of nitrogens with two attached hydrogens (primary N) is 1. The van der Waals surface area contributed by atoms with E-state index in [4.69, 9.17) is 5.73 Å². The molecule has 3 nitrogen and oxygen atoms in total. The van der Waals surface area contributed by atoms with E-state index in [1.807, 2.05) is 0 Å². The van der Waals surface area contributed by atoms with Crippen molar-refractivity contribution < 1.29 is 4.79 Å². The average molecular weight is 152 g/mol. The Morgan fingerprint density at radius 3 is 3.10 bits per heavy atom. The maximum Gasteiger partial charge on any atom is 0.278 e. The highest BCUT2D eigenvalue weighted by Gasteiger charge is 2.18. The van der Waals surface area contributed by atoms with Gasteiger partial charge in [-0.2, -0.15) is 0 Å². The molecule has 2 heterocycles. The number of nitrogen functional groups attached to an aromatic ring is 1. The minimum Gasteiger partial charge on any atom is -0.390 e. The highest BCUT2D eigenvalue weighted by Crippen LogP contribution is 2.26. The van der Waals surface area contributed by atoms with Crippen LogP contribution in [0, 0.1) is 0 Å². The lowest BCUT2D eigenvalue weighted by Gasteiger charge is -1.82. The molecule has 1 aromatic heterocycles. The topological polar surface area (TPSA) is 55.4 Å². The lowest BCUT2D eigenvalue weighted by atomic mass is 10.2. The van der Waals surface area contributed by atoms with Crippen LogP contribution in [-0.2, 0) is 0 Å². The molecule has 0 atom stereocenters. The molecule has 1 aromatic rings. The zero-order chi connectivity index (χ0) is 7.14. The van der Waals surface area contributed by atoms with E-state index in [1.54, 1.807) is 5.38 Å². The van der Waals surface area contributed by atoms with Gasteiger partial charge in [-0.15, -0.1) is 11.3 Å². The maximum atomic E-state index is 10.8. The highest BCUT2D eigenvalue weighted by molar-refractivity contribution is 7.14. The van der Waals surface area contributed by atoms with Crippen molar-refractivity contribution in [3.05, 3.63) is 16.5 Å². The van der Waals surface area contributed by atoms with Crippen LogP contribution in [-0.4, -0.2) is 12.1 Å². The molecule has 50 valence electrons. The molecule has 1 amide bonds. The van der Waals surface area contributed by atoms with Crippen LogP contribution >= 0.6 is 11.3 Å². The summed E-state index contributed by atoms with van der Waals surface area (Å²) >= 11 is 1.38. The number of rotatable bonds is 0. The Kier molecular flexibility index (Phi) is 0.935. The summed E-state index contributed by atoms with van der Waals surface area (Å²) in [7, 11) is 0. The van der Waals surface area contributed by atoms with Gasteiger partial charge in [0, 0.05) is 17.2 Å². The van der Waals surface area contributed by atoms with E-state index in [0.717, 1.165) is 5.56 Å². The Hall–Kier alpha value is -1.16. The van der Waals surface area contributed by atoms with E-state index < -0.39 is 0 Å². The number of carbonyl (C=O) groups is 1. The van der Waals surface area contributed by atoms with Gasteiger partial charge < -0.3 is 5.73 Å². The van der Waals surface area contributed by atoms with Gasteiger partial charge in [-0.25, -0.2) is 4.99 Å². The van der Waals surface area contributed by atoms with Crippen molar-refractivity contribution in [1.29, 1.82) is 0 Å². The van der Waals surface area contributed by atoms with Crippen LogP contribution in [0.2, 0.25) is 0 Å². The van der Waals surface area contributed by atoms with E-state index >= 15 is 0 Å². The highest BCUT2D eigenvalue weighted by atomic mass is 32.1. The Morgan fingerprint density at radius 2 is 2.40 bits per heavy atom. The van der Waals surface area contributed by atoms with Crippen molar-refractivity contribution in [3.63, 3.8) is 0 Å². The fraction of sp³-hybridized carbons (Fsp3) is 0. The molecular weight excluding hydrogens is 148 g/mol. The molecule has 2 N–H and O–H groups in total. The van der Waals surface area contributed by atoms with Crippen LogP contribution in [0.4, 0.5) is 5.00 Å². The zero-order valence-electron chi connectivity index (χ0n) is 5.00. The largest absolute Gasteiger partial charge is 0.390 e. The van der Waals surface area contributed by atoms with E-state index in [2.05, 4.69) is 4.99 Å². The molecule has 0 unspecified atom stereocenters. The Balaban J connectivity index is 2.73. The van der Waals surface area contributed by atoms with Gasteiger partial charge in [-0.05, 0) is 0 Å². The van der Waals surface area contributed by atoms with Crippen molar-refractivity contribution in [2.45, 2.75) is 0 Å². The lowest BCUT2D eigenvalue weighted by molar-refractivity contribution is 0.101. The summed E-state index contributed by atoms with van der Waals surface area (Å²) in [6.07, 6.45) is 1.52. The SMILES string of the molecule is Nc1scc2c1C=NC2=O. The van der Waals surface area contributed by atoms with E-state index in [0.29, 0.717) is 10.6 Å². The van der Waals surface area contributed by atoms with E-state index in [-0.39, 0.29) is 5.91 Å².